The maximum Gasteiger partial charge on any atom is 0.391 e. The second kappa shape index (κ2) is 2.42. The van der Waals surface area contributed by atoms with Gasteiger partial charge in [0.1, 0.15) is 0 Å². The fraction of sp³-hybridized carbons (Fsp3) is 1.00. The summed E-state index contributed by atoms with van der Waals surface area (Å²) in [7, 11) is 1.69. The number of alkyl halides is 3. The first-order valence-electron chi connectivity index (χ1n) is 3.28. The summed E-state index contributed by atoms with van der Waals surface area (Å²) in [6, 6.07) is 0.0895. The van der Waals surface area contributed by atoms with Gasteiger partial charge in [-0.25, -0.2) is 0 Å². The molecule has 0 saturated heterocycles. The lowest BCUT2D eigenvalue weighted by Crippen LogP contribution is -2.45. The van der Waals surface area contributed by atoms with Crippen molar-refractivity contribution in [2.24, 2.45) is 5.92 Å². The predicted molar refractivity (Wildman–Crippen MR) is 31.6 cm³/mol. The smallest absolute Gasteiger partial charge is 0.317 e. The molecule has 1 rings (SSSR count). The summed E-state index contributed by atoms with van der Waals surface area (Å²) < 4.78 is 35.3. The van der Waals surface area contributed by atoms with Crippen LogP contribution in [-0.4, -0.2) is 19.3 Å². The Labute approximate surface area is 57.6 Å². The van der Waals surface area contributed by atoms with Crippen LogP contribution < -0.4 is 5.32 Å². The number of hydrogen-bond acceptors (Lipinski definition) is 1. The summed E-state index contributed by atoms with van der Waals surface area (Å²) in [5.74, 6) is -1.05. The van der Waals surface area contributed by atoms with Gasteiger partial charge in [-0.1, -0.05) is 0 Å². The van der Waals surface area contributed by atoms with Gasteiger partial charge in [-0.2, -0.15) is 13.2 Å². The molecule has 0 aromatic heterocycles. The highest BCUT2D eigenvalue weighted by molar-refractivity contribution is 4.87. The summed E-state index contributed by atoms with van der Waals surface area (Å²) in [5.41, 5.74) is 0. The van der Waals surface area contributed by atoms with Crippen LogP contribution in [0.25, 0.3) is 0 Å². The Morgan fingerprint density at radius 1 is 1.30 bits per heavy atom. The summed E-state index contributed by atoms with van der Waals surface area (Å²) in [6.07, 6.45) is -3.46. The van der Waals surface area contributed by atoms with Crippen molar-refractivity contribution in [3.05, 3.63) is 0 Å². The van der Waals surface area contributed by atoms with Gasteiger partial charge in [-0.3, -0.25) is 0 Å². The lowest BCUT2D eigenvalue weighted by molar-refractivity contribution is -0.198. The second-order valence-corrected chi connectivity index (χ2v) is 2.70. The molecule has 0 heterocycles. The number of rotatable bonds is 1. The van der Waals surface area contributed by atoms with Crippen LogP contribution in [0.5, 0.6) is 0 Å². The number of nitrogens with one attached hydrogen (secondary N) is 1. The Bertz CT molecular complexity index is 115. The molecular weight excluding hydrogens is 143 g/mol. The third-order valence-electron chi connectivity index (χ3n) is 2.01. The minimum absolute atomic E-state index is 0.0895. The van der Waals surface area contributed by atoms with Gasteiger partial charge in [0, 0.05) is 6.04 Å². The fourth-order valence-electron chi connectivity index (χ4n) is 1.12. The van der Waals surface area contributed by atoms with E-state index < -0.39 is 12.1 Å². The van der Waals surface area contributed by atoms with E-state index in [0.717, 1.165) is 0 Å². The van der Waals surface area contributed by atoms with Crippen molar-refractivity contribution in [1.82, 2.24) is 5.32 Å². The summed E-state index contributed by atoms with van der Waals surface area (Å²) in [4.78, 5) is 0. The summed E-state index contributed by atoms with van der Waals surface area (Å²) >= 11 is 0. The van der Waals surface area contributed by atoms with Crippen molar-refractivity contribution in [1.29, 1.82) is 0 Å². The Balaban J connectivity index is 2.26. The van der Waals surface area contributed by atoms with Crippen molar-refractivity contribution in [2.45, 2.75) is 25.1 Å². The summed E-state index contributed by atoms with van der Waals surface area (Å²) in [6.45, 7) is 0. The molecule has 1 N–H and O–H groups in total. The number of halogens is 3. The molecule has 1 aliphatic rings. The molecule has 0 aliphatic heterocycles. The molecule has 10 heavy (non-hydrogen) atoms. The molecule has 60 valence electrons. The standard InChI is InChI=1S/C6H10F3N/c1-10-5-2-4(3-5)6(7,8)9/h4-5,10H,2-3H2,1H3. The third-order valence-corrected chi connectivity index (χ3v) is 2.01. The van der Waals surface area contributed by atoms with E-state index in [1.54, 1.807) is 7.05 Å². The highest BCUT2D eigenvalue weighted by Crippen LogP contribution is 2.40. The van der Waals surface area contributed by atoms with Gasteiger partial charge in [-0.15, -0.1) is 0 Å². The van der Waals surface area contributed by atoms with E-state index in [9.17, 15) is 13.2 Å². The summed E-state index contributed by atoms with van der Waals surface area (Å²) in [5, 5.41) is 2.80. The van der Waals surface area contributed by atoms with Crippen LogP contribution in [0.1, 0.15) is 12.8 Å². The maximum absolute atomic E-state index is 11.8. The normalized spacial score (nSPS) is 33.6. The first kappa shape index (κ1) is 7.85. The monoisotopic (exact) mass is 153 g/mol. The van der Waals surface area contributed by atoms with E-state index >= 15 is 0 Å². The quantitative estimate of drug-likeness (QED) is 0.602. The van der Waals surface area contributed by atoms with E-state index in [0.29, 0.717) is 0 Å². The van der Waals surface area contributed by atoms with Gasteiger partial charge in [0.25, 0.3) is 0 Å². The van der Waals surface area contributed by atoms with Crippen molar-refractivity contribution in [3.8, 4) is 0 Å². The molecule has 0 aromatic rings. The molecule has 0 atom stereocenters. The minimum atomic E-state index is -3.96. The molecule has 4 heteroatoms. The minimum Gasteiger partial charge on any atom is -0.317 e. The van der Waals surface area contributed by atoms with Gasteiger partial charge in [0.15, 0.2) is 0 Å². The van der Waals surface area contributed by atoms with E-state index in [1.165, 1.54) is 0 Å². The van der Waals surface area contributed by atoms with Crippen LogP contribution in [0, 0.1) is 5.92 Å². The molecule has 1 nitrogen and oxygen atoms in total. The molecule has 0 amide bonds. The van der Waals surface area contributed by atoms with Crippen molar-refractivity contribution in [3.63, 3.8) is 0 Å². The largest absolute Gasteiger partial charge is 0.391 e. The lowest BCUT2D eigenvalue weighted by atomic mass is 9.80. The first-order chi connectivity index (χ1) is 4.54. The zero-order valence-electron chi connectivity index (χ0n) is 5.70. The van der Waals surface area contributed by atoms with Gasteiger partial charge >= 0.3 is 6.18 Å². The van der Waals surface area contributed by atoms with Crippen LogP contribution in [0.2, 0.25) is 0 Å². The van der Waals surface area contributed by atoms with Gasteiger partial charge < -0.3 is 5.32 Å². The van der Waals surface area contributed by atoms with E-state index in [1.807, 2.05) is 0 Å². The van der Waals surface area contributed by atoms with E-state index in [-0.39, 0.29) is 18.9 Å². The predicted octanol–water partition coefficient (Wildman–Crippen LogP) is 1.55. The van der Waals surface area contributed by atoms with Crippen molar-refractivity contribution < 1.29 is 13.2 Å². The van der Waals surface area contributed by atoms with Gasteiger partial charge in [0.2, 0.25) is 0 Å². The second-order valence-electron chi connectivity index (χ2n) is 2.70. The Kier molecular flexibility index (Phi) is 1.90. The fourth-order valence-corrected chi connectivity index (χ4v) is 1.12. The molecule has 0 bridgehead atoms. The van der Waals surface area contributed by atoms with Crippen molar-refractivity contribution >= 4 is 0 Å². The van der Waals surface area contributed by atoms with Crippen LogP contribution in [0.3, 0.4) is 0 Å². The molecule has 1 fully saturated rings. The van der Waals surface area contributed by atoms with Crippen LogP contribution >= 0.6 is 0 Å². The van der Waals surface area contributed by atoms with E-state index in [2.05, 4.69) is 5.32 Å². The third kappa shape index (κ3) is 1.42. The lowest BCUT2D eigenvalue weighted by Gasteiger charge is -2.36. The van der Waals surface area contributed by atoms with Crippen LogP contribution in [-0.2, 0) is 0 Å². The van der Waals surface area contributed by atoms with Crippen LogP contribution in [0.4, 0.5) is 13.2 Å². The molecule has 0 aromatic carbocycles. The molecule has 1 aliphatic carbocycles. The molecule has 0 unspecified atom stereocenters. The zero-order chi connectivity index (χ0) is 7.78. The van der Waals surface area contributed by atoms with Gasteiger partial charge in [-0.05, 0) is 19.9 Å². The average Bonchev–Trinajstić information content (AvgIpc) is 1.57. The van der Waals surface area contributed by atoms with E-state index in [4.69, 9.17) is 0 Å². The van der Waals surface area contributed by atoms with Crippen molar-refractivity contribution in [2.75, 3.05) is 7.05 Å². The van der Waals surface area contributed by atoms with Crippen LogP contribution in [0.15, 0.2) is 0 Å². The average molecular weight is 153 g/mol. The Morgan fingerprint density at radius 2 is 1.80 bits per heavy atom. The SMILES string of the molecule is CNC1CC(C(F)(F)F)C1. The Morgan fingerprint density at radius 3 is 2.10 bits per heavy atom. The van der Waals surface area contributed by atoms with Gasteiger partial charge in [0.05, 0.1) is 5.92 Å². The molecular formula is C6H10F3N. The zero-order valence-corrected chi connectivity index (χ0v) is 5.70. The molecule has 0 spiro atoms. The Hall–Kier alpha value is -0.250. The topological polar surface area (TPSA) is 12.0 Å². The maximum atomic E-state index is 11.8. The first-order valence-corrected chi connectivity index (χ1v) is 3.28. The molecule has 0 radical (unpaired) electrons. The highest BCUT2D eigenvalue weighted by atomic mass is 19.4. The highest BCUT2D eigenvalue weighted by Gasteiger charge is 2.47. The number of hydrogen-bond donors (Lipinski definition) is 1. The molecule has 1 saturated carbocycles.